The van der Waals surface area contributed by atoms with Crippen molar-refractivity contribution < 1.29 is 4.74 Å². The molecule has 2 aromatic rings. The summed E-state index contributed by atoms with van der Waals surface area (Å²) >= 11 is 0. The van der Waals surface area contributed by atoms with Gasteiger partial charge in [0, 0.05) is 6.07 Å². The van der Waals surface area contributed by atoms with Crippen molar-refractivity contribution >= 4 is 30.4 Å². The Morgan fingerprint density at radius 3 is 2.71 bits per heavy atom. The topological polar surface area (TPSA) is 60.2 Å². The molecule has 0 bridgehead atoms. The molecule has 0 saturated heterocycles. The molecule has 0 saturated carbocycles. The number of benzene rings is 1. The molecule has 0 unspecified atom stereocenters. The summed E-state index contributed by atoms with van der Waals surface area (Å²) < 4.78 is 5.00. The number of pyridine rings is 1. The number of ether oxygens (including phenoxy) is 1. The zero-order valence-corrected chi connectivity index (χ0v) is 9.90. The lowest BCUT2D eigenvalue weighted by Crippen LogP contribution is -2.05. The Kier molecular flexibility index (Phi) is 3.18. The third kappa shape index (κ3) is 2.69. The molecule has 1 aromatic heterocycles. The van der Waals surface area contributed by atoms with Gasteiger partial charge in [-0.25, -0.2) is 4.98 Å². The van der Waals surface area contributed by atoms with Crippen molar-refractivity contribution in [3.05, 3.63) is 36.5 Å². The van der Waals surface area contributed by atoms with Crippen molar-refractivity contribution in [2.75, 3.05) is 18.2 Å². The number of anilines is 3. The van der Waals surface area contributed by atoms with Gasteiger partial charge in [0.1, 0.15) is 7.85 Å². The first kappa shape index (κ1) is 11.3. The molecule has 1 heterocycles. The molecular formula is C12H14BN3O. The Bertz CT molecular complexity index is 514. The Morgan fingerprint density at radius 2 is 2.12 bits per heavy atom. The standard InChI is InChI=1S/C12H14BN3O/c1-17-12-5-3-9(7-15-12)16-11-4-2-8(13)6-10(11)14/h2-7,16H,13-14H2,1H3. The second kappa shape index (κ2) is 4.78. The Morgan fingerprint density at radius 1 is 1.29 bits per heavy atom. The fourth-order valence-electron chi connectivity index (χ4n) is 1.53. The van der Waals surface area contributed by atoms with Crippen molar-refractivity contribution in [2.24, 2.45) is 0 Å². The number of nitrogens with one attached hydrogen (secondary N) is 1. The number of nitrogen functional groups attached to an aromatic ring is 1. The van der Waals surface area contributed by atoms with Crippen LogP contribution in [0.15, 0.2) is 36.5 Å². The third-order valence-corrected chi connectivity index (χ3v) is 2.43. The van der Waals surface area contributed by atoms with E-state index in [4.69, 9.17) is 10.5 Å². The zero-order valence-electron chi connectivity index (χ0n) is 9.90. The minimum absolute atomic E-state index is 0.590. The molecule has 1 aromatic carbocycles. The van der Waals surface area contributed by atoms with Crippen LogP contribution in [0.25, 0.3) is 0 Å². The molecular weight excluding hydrogens is 213 g/mol. The van der Waals surface area contributed by atoms with Crippen LogP contribution in [-0.4, -0.2) is 19.9 Å². The van der Waals surface area contributed by atoms with Gasteiger partial charge in [0.25, 0.3) is 0 Å². The van der Waals surface area contributed by atoms with E-state index in [-0.39, 0.29) is 0 Å². The van der Waals surface area contributed by atoms with E-state index in [0.717, 1.165) is 22.5 Å². The number of rotatable bonds is 3. The maximum atomic E-state index is 5.92. The predicted octanol–water partition coefficient (Wildman–Crippen LogP) is 0.674. The van der Waals surface area contributed by atoms with Crippen molar-refractivity contribution in [3.8, 4) is 5.88 Å². The summed E-state index contributed by atoms with van der Waals surface area (Å²) in [7, 11) is 3.60. The van der Waals surface area contributed by atoms with Gasteiger partial charge in [-0.15, -0.1) is 0 Å². The number of aromatic nitrogens is 1. The number of nitrogens with zero attached hydrogens (tertiary/aromatic N) is 1. The highest BCUT2D eigenvalue weighted by atomic mass is 16.5. The van der Waals surface area contributed by atoms with E-state index in [1.54, 1.807) is 19.4 Å². The number of nitrogens with two attached hydrogens (primary N) is 1. The lowest BCUT2D eigenvalue weighted by atomic mass is 9.95. The van der Waals surface area contributed by atoms with Crippen LogP contribution in [0.2, 0.25) is 0 Å². The molecule has 2 rings (SSSR count). The summed E-state index contributed by atoms with van der Waals surface area (Å²) in [6, 6.07) is 9.58. The van der Waals surface area contributed by atoms with Gasteiger partial charge in [-0.2, -0.15) is 0 Å². The minimum Gasteiger partial charge on any atom is -0.481 e. The van der Waals surface area contributed by atoms with Gasteiger partial charge >= 0.3 is 0 Å². The van der Waals surface area contributed by atoms with Gasteiger partial charge in [-0.05, 0) is 18.2 Å². The Balaban J connectivity index is 2.19. The second-order valence-corrected chi connectivity index (χ2v) is 3.80. The smallest absolute Gasteiger partial charge is 0.213 e. The minimum atomic E-state index is 0.590. The molecule has 86 valence electrons. The summed E-state index contributed by atoms with van der Waals surface area (Å²) in [4.78, 5) is 4.12. The lowest BCUT2D eigenvalue weighted by Gasteiger charge is -2.10. The van der Waals surface area contributed by atoms with Crippen molar-refractivity contribution in [2.45, 2.75) is 0 Å². The Labute approximate surface area is 101 Å². The van der Waals surface area contributed by atoms with Crippen LogP contribution >= 0.6 is 0 Å². The molecule has 0 fully saturated rings. The van der Waals surface area contributed by atoms with Gasteiger partial charge in [0.15, 0.2) is 0 Å². The first-order valence-electron chi connectivity index (χ1n) is 5.32. The monoisotopic (exact) mass is 227 g/mol. The van der Waals surface area contributed by atoms with Gasteiger partial charge in [0.2, 0.25) is 5.88 Å². The molecule has 5 heteroatoms. The van der Waals surface area contributed by atoms with Crippen LogP contribution in [-0.2, 0) is 0 Å². The lowest BCUT2D eigenvalue weighted by molar-refractivity contribution is 0.398. The fourth-order valence-corrected chi connectivity index (χ4v) is 1.53. The summed E-state index contributed by atoms with van der Waals surface area (Å²) in [6.45, 7) is 0. The fraction of sp³-hybridized carbons (Fsp3) is 0.0833. The Hall–Kier alpha value is -2.17. The highest BCUT2D eigenvalue weighted by molar-refractivity contribution is 6.32. The maximum absolute atomic E-state index is 5.92. The summed E-state index contributed by atoms with van der Waals surface area (Å²) in [6.07, 6.45) is 1.71. The molecule has 0 aliphatic rings. The van der Waals surface area contributed by atoms with Crippen molar-refractivity contribution in [3.63, 3.8) is 0 Å². The molecule has 0 atom stereocenters. The summed E-state index contributed by atoms with van der Waals surface area (Å²) in [5.41, 5.74) is 9.53. The SMILES string of the molecule is Bc1ccc(Nc2ccc(OC)nc2)c(N)c1. The molecule has 0 amide bonds. The van der Waals surface area contributed by atoms with Crippen LogP contribution in [0.3, 0.4) is 0 Å². The van der Waals surface area contributed by atoms with E-state index in [1.165, 1.54) is 0 Å². The molecule has 0 aliphatic heterocycles. The van der Waals surface area contributed by atoms with Gasteiger partial charge in [-0.3, -0.25) is 0 Å². The largest absolute Gasteiger partial charge is 0.481 e. The van der Waals surface area contributed by atoms with E-state index in [0.29, 0.717) is 5.88 Å². The van der Waals surface area contributed by atoms with Crippen LogP contribution in [0, 0.1) is 0 Å². The molecule has 17 heavy (non-hydrogen) atoms. The first-order valence-corrected chi connectivity index (χ1v) is 5.32. The average molecular weight is 227 g/mol. The maximum Gasteiger partial charge on any atom is 0.213 e. The van der Waals surface area contributed by atoms with Gasteiger partial charge < -0.3 is 15.8 Å². The number of methoxy groups -OCH3 is 1. The molecule has 0 radical (unpaired) electrons. The normalized spacial score (nSPS) is 9.94. The van der Waals surface area contributed by atoms with E-state index in [2.05, 4.69) is 10.3 Å². The molecule has 4 nitrogen and oxygen atoms in total. The number of hydrogen-bond donors (Lipinski definition) is 2. The second-order valence-electron chi connectivity index (χ2n) is 3.80. The first-order chi connectivity index (χ1) is 8.19. The zero-order chi connectivity index (χ0) is 12.3. The van der Waals surface area contributed by atoms with Crippen molar-refractivity contribution in [1.82, 2.24) is 4.98 Å². The van der Waals surface area contributed by atoms with Crippen LogP contribution in [0.5, 0.6) is 5.88 Å². The highest BCUT2D eigenvalue weighted by Gasteiger charge is 2.00. The van der Waals surface area contributed by atoms with Gasteiger partial charge in [0.05, 0.1) is 30.4 Å². The van der Waals surface area contributed by atoms with Crippen LogP contribution in [0.4, 0.5) is 17.1 Å². The quantitative estimate of drug-likeness (QED) is 0.597. The van der Waals surface area contributed by atoms with E-state index in [1.807, 2.05) is 32.1 Å². The highest BCUT2D eigenvalue weighted by Crippen LogP contribution is 2.21. The summed E-state index contributed by atoms with van der Waals surface area (Å²) in [5.74, 6) is 0.590. The van der Waals surface area contributed by atoms with E-state index < -0.39 is 0 Å². The van der Waals surface area contributed by atoms with Gasteiger partial charge in [-0.1, -0.05) is 11.5 Å². The molecule has 3 N–H and O–H groups in total. The third-order valence-electron chi connectivity index (χ3n) is 2.43. The average Bonchev–Trinajstić information content (AvgIpc) is 2.34. The van der Waals surface area contributed by atoms with E-state index in [9.17, 15) is 0 Å². The molecule has 0 aliphatic carbocycles. The van der Waals surface area contributed by atoms with E-state index >= 15 is 0 Å². The van der Waals surface area contributed by atoms with Crippen LogP contribution < -0.4 is 21.3 Å². The van der Waals surface area contributed by atoms with Crippen LogP contribution in [0.1, 0.15) is 0 Å². The van der Waals surface area contributed by atoms with Crippen molar-refractivity contribution in [1.29, 1.82) is 0 Å². The molecule has 0 spiro atoms. The predicted molar refractivity (Wildman–Crippen MR) is 73.1 cm³/mol. The summed E-state index contributed by atoms with van der Waals surface area (Å²) in [5, 5.41) is 3.21. The number of hydrogen-bond acceptors (Lipinski definition) is 4.